The van der Waals surface area contributed by atoms with Crippen LogP contribution in [0.5, 0.6) is 0 Å². The second-order valence-corrected chi connectivity index (χ2v) is 7.65. The number of carbonyl (C=O) groups is 1. The Morgan fingerprint density at radius 2 is 1.34 bits per heavy atom. The molecule has 158 valence electrons. The second kappa shape index (κ2) is 7.58. The summed E-state index contributed by atoms with van der Waals surface area (Å²) in [6, 6.07) is 5.21. The van der Waals surface area contributed by atoms with Crippen molar-refractivity contribution < 1.29 is 39.6 Å². The van der Waals surface area contributed by atoms with Crippen LogP contribution in [-0.4, -0.2) is 21.4 Å². The highest BCUT2D eigenvalue weighted by Crippen LogP contribution is 2.37. The zero-order chi connectivity index (χ0) is 22.2. The molecule has 12 heteroatoms. The molecule has 2 rings (SSSR count). The molecule has 2 aromatic carbocycles. The van der Waals surface area contributed by atoms with Crippen molar-refractivity contribution in [2.45, 2.75) is 24.2 Å². The molecule has 0 aliphatic rings. The molecule has 2 aromatic rings. The summed E-state index contributed by atoms with van der Waals surface area (Å²) in [6.07, 6.45) is -10.4. The van der Waals surface area contributed by atoms with Crippen LogP contribution in [0.25, 0.3) is 0 Å². The van der Waals surface area contributed by atoms with Crippen molar-refractivity contribution in [3.05, 3.63) is 53.6 Å². The van der Waals surface area contributed by atoms with Crippen molar-refractivity contribution in [3.63, 3.8) is 0 Å². The van der Waals surface area contributed by atoms with E-state index in [4.69, 9.17) is 0 Å². The summed E-state index contributed by atoms with van der Waals surface area (Å²) < 4.78 is 104. The predicted octanol–water partition coefficient (Wildman–Crippen LogP) is 4.51. The van der Waals surface area contributed by atoms with E-state index in [-0.39, 0.29) is 29.8 Å². The number of hydrogen-bond acceptors (Lipinski definition) is 3. The third-order valence-corrected chi connectivity index (χ3v) is 5.21. The van der Waals surface area contributed by atoms with E-state index in [1.807, 2.05) is 4.72 Å². The van der Waals surface area contributed by atoms with Gasteiger partial charge in [-0.15, -0.1) is 0 Å². The number of amides is 1. The van der Waals surface area contributed by atoms with Crippen LogP contribution in [0.3, 0.4) is 0 Å². The van der Waals surface area contributed by atoms with E-state index in [0.717, 1.165) is 0 Å². The number of benzene rings is 2. The van der Waals surface area contributed by atoms with E-state index in [1.165, 1.54) is 43.1 Å². The maximum absolute atomic E-state index is 12.9. The van der Waals surface area contributed by atoms with Gasteiger partial charge in [0.1, 0.15) is 0 Å². The molecule has 0 aliphatic carbocycles. The normalized spacial score (nSPS) is 12.6. The summed E-state index contributed by atoms with van der Waals surface area (Å²) in [6.45, 7) is 1.29. The van der Waals surface area contributed by atoms with Crippen LogP contribution in [0.15, 0.2) is 47.4 Å². The van der Waals surface area contributed by atoms with Crippen molar-refractivity contribution >= 4 is 27.3 Å². The number of nitrogens with one attached hydrogen (secondary N) is 1. The van der Waals surface area contributed by atoms with Gasteiger partial charge >= 0.3 is 12.4 Å². The first kappa shape index (κ1) is 22.5. The molecule has 0 saturated carbocycles. The van der Waals surface area contributed by atoms with Gasteiger partial charge in [0.25, 0.3) is 10.0 Å². The summed E-state index contributed by atoms with van der Waals surface area (Å²) in [5.41, 5.74) is -3.20. The fraction of sp³-hybridized carbons (Fsp3) is 0.235. The van der Waals surface area contributed by atoms with Gasteiger partial charge in [-0.05, 0) is 42.5 Å². The number of carbonyl (C=O) groups excluding carboxylic acids is 1. The highest BCUT2D eigenvalue weighted by Gasteiger charge is 2.38. The Morgan fingerprint density at radius 3 is 1.72 bits per heavy atom. The van der Waals surface area contributed by atoms with E-state index in [9.17, 15) is 39.6 Å². The van der Waals surface area contributed by atoms with Gasteiger partial charge in [0.15, 0.2) is 0 Å². The van der Waals surface area contributed by atoms with Gasteiger partial charge < -0.3 is 4.90 Å². The molecule has 0 fully saturated rings. The van der Waals surface area contributed by atoms with Crippen LogP contribution < -0.4 is 9.62 Å². The van der Waals surface area contributed by atoms with E-state index >= 15 is 0 Å². The first-order valence-corrected chi connectivity index (χ1v) is 9.26. The number of hydrogen-bond donors (Lipinski definition) is 1. The highest BCUT2D eigenvalue weighted by atomic mass is 32.2. The average molecular weight is 440 g/mol. The Balaban J connectivity index is 2.44. The molecule has 0 saturated heterocycles. The molecule has 29 heavy (non-hydrogen) atoms. The quantitative estimate of drug-likeness (QED) is 0.712. The molecule has 0 bridgehead atoms. The summed E-state index contributed by atoms with van der Waals surface area (Å²) >= 11 is 0. The van der Waals surface area contributed by atoms with Gasteiger partial charge in [0, 0.05) is 25.3 Å². The molecule has 5 nitrogen and oxygen atoms in total. The van der Waals surface area contributed by atoms with Crippen LogP contribution >= 0.6 is 0 Å². The fourth-order valence-corrected chi connectivity index (χ4v) is 3.36. The van der Waals surface area contributed by atoms with E-state index in [2.05, 4.69) is 0 Å². The number of alkyl halides is 6. The summed E-state index contributed by atoms with van der Waals surface area (Å²) in [7, 11) is -3.30. The Bertz CT molecular complexity index is 983. The number of nitrogens with zero attached hydrogens (tertiary/aromatic N) is 1. The minimum Gasteiger partial charge on any atom is -0.316 e. The molecule has 0 radical (unpaired) electrons. The first-order chi connectivity index (χ1) is 13.1. The molecule has 0 heterocycles. The lowest BCUT2D eigenvalue weighted by molar-refractivity contribution is -0.143. The minimum atomic E-state index is -5.18. The second-order valence-electron chi connectivity index (χ2n) is 5.97. The molecular formula is C17H14F6N2O3S. The third-order valence-electron chi connectivity index (χ3n) is 3.85. The summed E-state index contributed by atoms with van der Waals surface area (Å²) in [5, 5.41) is 0. The van der Waals surface area contributed by atoms with Crippen molar-refractivity contribution in [2.75, 3.05) is 16.7 Å². The van der Waals surface area contributed by atoms with E-state index < -0.39 is 38.4 Å². The SMILES string of the molecule is CC(=O)N(C)c1ccc(NS(=O)(=O)c2cc(C(F)(F)F)cc(C(F)(F)F)c2)cc1. The third kappa shape index (κ3) is 5.40. The van der Waals surface area contributed by atoms with Gasteiger partial charge in [-0.3, -0.25) is 9.52 Å². The highest BCUT2D eigenvalue weighted by molar-refractivity contribution is 7.92. The minimum absolute atomic E-state index is 0.114. The monoisotopic (exact) mass is 440 g/mol. The Kier molecular flexibility index (Phi) is 5.89. The summed E-state index contributed by atoms with van der Waals surface area (Å²) in [4.78, 5) is 11.4. The zero-order valence-electron chi connectivity index (χ0n) is 14.9. The lowest BCUT2D eigenvalue weighted by Crippen LogP contribution is -2.22. The number of sulfonamides is 1. The lowest BCUT2D eigenvalue weighted by atomic mass is 10.1. The number of rotatable bonds is 4. The predicted molar refractivity (Wildman–Crippen MR) is 92.8 cm³/mol. The van der Waals surface area contributed by atoms with Crippen molar-refractivity contribution in [2.24, 2.45) is 0 Å². The Hall–Kier alpha value is -2.76. The Labute approximate surface area is 162 Å². The van der Waals surface area contributed by atoms with E-state index in [0.29, 0.717) is 5.69 Å². The molecule has 0 atom stereocenters. The zero-order valence-corrected chi connectivity index (χ0v) is 15.7. The average Bonchev–Trinajstić information content (AvgIpc) is 2.59. The van der Waals surface area contributed by atoms with Gasteiger partial charge in [0.05, 0.1) is 16.0 Å². The smallest absolute Gasteiger partial charge is 0.316 e. The molecule has 0 aliphatic heterocycles. The van der Waals surface area contributed by atoms with Crippen LogP contribution in [-0.2, 0) is 27.2 Å². The summed E-state index contributed by atoms with van der Waals surface area (Å²) in [5.74, 6) is -0.304. The van der Waals surface area contributed by atoms with Crippen molar-refractivity contribution in [3.8, 4) is 0 Å². The fourth-order valence-electron chi connectivity index (χ4n) is 2.23. The standard InChI is InChI=1S/C17H14F6N2O3S/c1-10(26)25(2)14-5-3-13(4-6-14)24-29(27,28)15-8-11(16(18,19)20)7-12(9-15)17(21,22)23/h3-9,24H,1-2H3. The lowest BCUT2D eigenvalue weighted by Gasteiger charge is -2.17. The molecule has 1 N–H and O–H groups in total. The topological polar surface area (TPSA) is 66.5 Å². The largest absolute Gasteiger partial charge is 0.416 e. The van der Waals surface area contributed by atoms with Gasteiger partial charge in [-0.2, -0.15) is 26.3 Å². The maximum atomic E-state index is 12.9. The Morgan fingerprint density at radius 1 is 0.897 bits per heavy atom. The van der Waals surface area contributed by atoms with Crippen molar-refractivity contribution in [1.29, 1.82) is 0 Å². The maximum Gasteiger partial charge on any atom is 0.416 e. The molecular weight excluding hydrogens is 426 g/mol. The molecule has 0 spiro atoms. The number of anilines is 2. The van der Waals surface area contributed by atoms with Gasteiger partial charge in [0.2, 0.25) is 5.91 Å². The molecule has 0 aromatic heterocycles. The van der Waals surface area contributed by atoms with Crippen LogP contribution in [0.4, 0.5) is 37.7 Å². The van der Waals surface area contributed by atoms with Crippen LogP contribution in [0, 0.1) is 0 Å². The first-order valence-electron chi connectivity index (χ1n) is 7.78. The number of halogens is 6. The molecule has 1 amide bonds. The van der Waals surface area contributed by atoms with Crippen LogP contribution in [0.2, 0.25) is 0 Å². The van der Waals surface area contributed by atoms with Gasteiger partial charge in [-0.1, -0.05) is 0 Å². The van der Waals surface area contributed by atoms with Crippen molar-refractivity contribution in [1.82, 2.24) is 0 Å². The van der Waals surface area contributed by atoms with Gasteiger partial charge in [-0.25, -0.2) is 8.42 Å². The van der Waals surface area contributed by atoms with Crippen LogP contribution in [0.1, 0.15) is 18.1 Å². The molecule has 0 unspecified atom stereocenters. The van der Waals surface area contributed by atoms with E-state index in [1.54, 1.807) is 0 Å².